The van der Waals surface area contributed by atoms with E-state index in [2.05, 4.69) is 41.4 Å². The van der Waals surface area contributed by atoms with Crippen molar-refractivity contribution in [3.63, 3.8) is 0 Å². The maximum atomic E-state index is 6.09. The Bertz CT molecular complexity index is 1010. The highest BCUT2D eigenvalue weighted by atomic mass is 32.1. The van der Waals surface area contributed by atoms with Crippen LogP contribution in [0, 0.1) is 0 Å². The number of pyridine rings is 1. The van der Waals surface area contributed by atoms with Crippen molar-refractivity contribution >= 4 is 22.2 Å². The van der Waals surface area contributed by atoms with Crippen LogP contribution in [0.5, 0.6) is 23.1 Å². The number of hydrogen-bond acceptors (Lipinski definition) is 7. The lowest BCUT2D eigenvalue weighted by atomic mass is 9.93. The molecule has 2 aromatic heterocycles. The van der Waals surface area contributed by atoms with Gasteiger partial charge in [0.25, 0.3) is 0 Å². The SMILES string of the molecule is CC1(C)Oc2cccc(Oc3ncccc3Nc3nc(C(C)(C)C)cs3)c2O1. The number of anilines is 2. The third kappa shape index (κ3) is 3.75. The molecule has 0 amide bonds. The summed E-state index contributed by atoms with van der Waals surface area (Å²) in [5, 5.41) is 6.18. The molecule has 6 nitrogen and oxygen atoms in total. The number of para-hydroxylation sites is 1. The standard InChI is InChI=1S/C21H23N3O3S/c1-20(2,3)16-12-28-19(24-16)23-13-8-7-11-22-18(13)25-14-9-6-10-15-17(14)27-21(4,5)26-15/h6-12H,1-5H3,(H,23,24). The molecule has 0 atom stereocenters. The van der Waals surface area contributed by atoms with Gasteiger partial charge in [-0.3, -0.25) is 0 Å². The number of ether oxygens (including phenoxy) is 3. The smallest absolute Gasteiger partial charge is 0.246 e. The molecule has 1 aliphatic rings. The summed E-state index contributed by atoms with van der Waals surface area (Å²) in [5.41, 5.74) is 1.77. The van der Waals surface area contributed by atoms with Crippen LogP contribution in [0.3, 0.4) is 0 Å². The maximum absolute atomic E-state index is 6.09. The lowest BCUT2D eigenvalue weighted by Gasteiger charge is -2.17. The molecule has 1 N–H and O–H groups in total. The Hall–Kier alpha value is -2.80. The Morgan fingerprint density at radius 1 is 1.11 bits per heavy atom. The fraction of sp³-hybridized carbons (Fsp3) is 0.333. The molecule has 0 saturated heterocycles. The van der Waals surface area contributed by atoms with Gasteiger partial charge in [-0.2, -0.15) is 0 Å². The van der Waals surface area contributed by atoms with E-state index in [4.69, 9.17) is 14.2 Å². The van der Waals surface area contributed by atoms with Crippen LogP contribution in [0.2, 0.25) is 0 Å². The van der Waals surface area contributed by atoms with Crippen molar-refractivity contribution in [2.45, 2.75) is 45.8 Å². The number of nitrogens with zero attached hydrogens (tertiary/aromatic N) is 2. The van der Waals surface area contributed by atoms with E-state index >= 15 is 0 Å². The van der Waals surface area contributed by atoms with E-state index in [1.807, 2.05) is 44.2 Å². The molecule has 0 radical (unpaired) electrons. The summed E-state index contributed by atoms with van der Waals surface area (Å²) in [7, 11) is 0. The van der Waals surface area contributed by atoms with Crippen LogP contribution in [0.4, 0.5) is 10.8 Å². The van der Waals surface area contributed by atoms with Crippen molar-refractivity contribution < 1.29 is 14.2 Å². The minimum absolute atomic E-state index is 0.000563. The summed E-state index contributed by atoms with van der Waals surface area (Å²) in [4.78, 5) is 9.06. The number of benzene rings is 1. The van der Waals surface area contributed by atoms with Crippen molar-refractivity contribution in [1.82, 2.24) is 9.97 Å². The number of rotatable bonds is 4. The van der Waals surface area contributed by atoms with Gasteiger partial charge in [-0.1, -0.05) is 26.8 Å². The molecule has 0 spiro atoms. The molecule has 1 aliphatic heterocycles. The normalized spacial score (nSPS) is 14.8. The second-order valence-corrected chi connectivity index (χ2v) is 8.92. The van der Waals surface area contributed by atoms with E-state index in [1.54, 1.807) is 17.5 Å². The van der Waals surface area contributed by atoms with Crippen LogP contribution in [0.1, 0.15) is 40.3 Å². The van der Waals surface area contributed by atoms with Crippen LogP contribution in [0.15, 0.2) is 41.9 Å². The molecule has 0 fully saturated rings. The monoisotopic (exact) mass is 397 g/mol. The second kappa shape index (κ2) is 6.67. The third-order valence-corrected chi connectivity index (χ3v) is 4.90. The van der Waals surface area contributed by atoms with Gasteiger partial charge >= 0.3 is 0 Å². The zero-order chi connectivity index (χ0) is 19.9. The summed E-state index contributed by atoms with van der Waals surface area (Å²) in [6.07, 6.45) is 1.69. The fourth-order valence-electron chi connectivity index (χ4n) is 2.75. The summed E-state index contributed by atoms with van der Waals surface area (Å²) in [6.45, 7) is 10.2. The van der Waals surface area contributed by atoms with E-state index in [1.165, 1.54) is 0 Å². The topological polar surface area (TPSA) is 65.5 Å². The Balaban J connectivity index is 1.60. The molecule has 7 heteroatoms. The second-order valence-electron chi connectivity index (χ2n) is 8.06. The summed E-state index contributed by atoms with van der Waals surface area (Å²) < 4.78 is 17.8. The van der Waals surface area contributed by atoms with Gasteiger partial charge in [0.15, 0.2) is 16.6 Å². The van der Waals surface area contributed by atoms with Gasteiger partial charge in [0.05, 0.1) is 5.69 Å². The quantitative estimate of drug-likeness (QED) is 0.593. The van der Waals surface area contributed by atoms with Gasteiger partial charge in [-0.25, -0.2) is 9.97 Å². The maximum Gasteiger partial charge on any atom is 0.246 e. The Kier molecular flexibility index (Phi) is 4.42. The average Bonchev–Trinajstić information content (AvgIpc) is 3.20. The lowest BCUT2D eigenvalue weighted by molar-refractivity contribution is -0.0438. The van der Waals surface area contributed by atoms with Crippen molar-refractivity contribution in [2.75, 3.05) is 5.32 Å². The first-order chi connectivity index (χ1) is 13.2. The predicted octanol–water partition coefficient (Wildman–Crippen LogP) is 5.88. The van der Waals surface area contributed by atoms with Crippen molar-refractivity contribution in [3.8, 4) is 23.1 Å². The Morgan fingerprint density at radius 3 is 2.68 bits per heavy atom. The van der Waals surface area contributed by atoms with E-state index < -0.39 is 5.79 Å². The molecule has 0 aliphatic carbocycles. The molecule has 3 aromatic rings. The van der Waals surface area contributed by atoms with Gasteiger partial charge in [-0.15, -0.1) is 11.3 Å². The summed E-state index contributed by atoms with van der Waals surface area (Å²) in [6, 6.07) is 9.32. The van der Waals surface area contributed by atoms with Gasteiger partial charge in [0.2, 0.25) is 17.4 Å². The Morgan fingerprint density at radius 2 is 1.93 bits per heavy atom. The molecule has 1 aromatic carbocycles. The predicted molar refractivity (Wildman–Crippen MR) is 110 cm³/mol. The van der Waals surface area contributed by atoms with Crippen LogP contribution in [-0.2, 0) is 5.41 Å². The van der Waals surface area contributed by atoms with Crippen molar-refractivity contribution in [1.29, 1.82) is 0 Å². The lowest BCUT2D eigenvalue weighted by Crippen LogP contribution is -2.29. The fourth-order valence-corrected chi connectivity index (χ4v) is 3.70. The third-order valence-electron chi connectivity index (χ3n) is 4.14. The minimum atomic E-state index is -0.725. The molecular weight excluding hydrogens is 374 g/mol. The zero-order valence-electron chi connectivity index (χ0n) is 16.6. The molecule has 28 heavy (non-hydrogen) atoms. The van der Waals surface area contributed by atoms with E-state index in [9.17, 15) is 0 Å². The first kappa shape index (κ1) is 18.6. The first-order valence-electron chi connectivity index (χ1n) is 9.08. The molecule has 4 rings (SSSR count). The van der Waals surface area contributed by atoms with E-state index in [-0.39, 0.29) is 5.41 Å². The molecule has 0 unspecified atom stereocenters. The molecule has 146 valence electrons. The average molecular weight is 398 g/mol. The summed E-state index contributed by atoms with van der Waals surface area (Å²) >= 11 is 1.56. The van der Waals surface area contributed by atoms with Crippen LogP contribution in [-0.4, -0.2) is 15.8 Å². The van der Waals surface area contributed by atoms with Gasteiger partial charge in [-0.05, 0) is 24.3 Å². The molecule has 0 bridgehead atoms. The number of aromatic nitrogens is 2. The highest BCUT2D eigenvalue weighted by Crippen LogP contribution is 2.47. The number of nitrogens with one attached hydrogen (secondary N) is 1. The van der Waals surface area contributed by atoms with E-state index in [0.717, 1.165) is 16.5 Å². The van der Waals surface area contributed by atoms with Crippen LogP contribution < -0.4 is 19.5 Å². The molecular formula is C21H23N3O3S. The molecule has 0 saturated carbocycles. The first-order valence-corrected chi connectivity index (χ1v) is 9.96. The van der Waals surface area contributed by atoms with Crippen molar-refractivity contribution in [3.05, 3.63) is 47.6 Å². The molecule has 3 heterocycles. The number of fused-ring (bicyclic) bond motifs is 1. The van der Waals surface area contributed by atoms with Gasteiger partial charge in [0.1, 0.15) is 5.69 Å². The number of thiazole rings is 1. The highest BCUT2D eigenvalue weighted by Gasteiger charge is 2.34. The van der Waals surface area contributed by atoms with Crippen LogP contribution >= 0.6 is 11.3 Å². The zero-order valence-corrected chi connectivity index (χ0v) is 17.4. The Labute approximate surface area is 168 Å². The van der Waals surface area contributed by atoms with Gasteiger partial charge < -0.3 is 19.5 Å². The number of hydrogen-bond donors (Lipinski definition) is 1. The van der Waals surface area contributed by atoms with E-state index in [0.29, 0.717) is 23.1 Å². The van der Waals surface area contributed by atoms with Gasteiger partial charge in [0, 0.05) is 30.8 Å². The summed E-state index contributed by atoms with van der Waals surface area (Å²) in [5.74, 6) is 1.50. The minimum Gasteiger partial charge on any atom is -0.449 e. The largest absolute Gasteiger partial charge is 0.449 e. The highest BCUT2D eigenvalue weighted by molar-refractivity contribution is 7.13. The van der Waals surface area contributed by atoms with Crippen molar-refractivity contribution in [2.24, 2.45) is 0 Å². The van der Waals surface area contributed by atoms with Crippen LogP contribution in [0.25, 0.3) is 0 Å².